The molecule has 0 spiro atoms. The van der Waals surface area contributed by atoms with Crippen LogP contribution in [-0.4, -0.2) is 22.5 Å². The van der Waals surface area contributed by atoms with Crippen molar-refractivity contribution in [1.82, 2.24) is 5.32 Å². The lowest BCUT2D eigenvalue weighted by Crippen LogP contribution is -2.53. The number of carbonyl (C=O) groups excluding carboxylic acids is 1. The Labute approximate surface area is 116 Å². The van der Waals surface area contributed by atoms with Crippen molar-refractivity contribution in [3.63, 3.8) is 0 Å². The van der Waals surface area contributed by atoms with Crippen LogP contribution in [0.3, 0.4) is 0 Å². The van der Waals surface area contributed by atoms with Crippen molar-refractivity contribution < 1.29 is 19.1 Å². The van der Waals surface area contributed by atoms with Gasteiger partial charge in [-0.25, -0.2) is 9.18 Å². The predicted molar refractivity (Wildman–Crippen MR) is 72.3 cm³/mol. The van der Waals surface area contributed by atoms with E-state index < -0.39 is 17.4 Å². The molecule has 5 heteroatoms. The van der Waals surface area contributed by atoms with Crippen LogP contribution in [0.25, 0.3) is 6.08 Å². The lowest BCUT2D eigenvalue weighted by molar-refractivity contribution is -0.147. The van der Waals surface area contributed by atoms with Crippen molar-refractivity contribution in [1.29, 1.82) is 0 Å². The van der Waals surface area contributed by atoms with Crippen LogP contribution in [0.5, 0.6) is 0 Å². The number of nitrogens with one attached hydrogen (secondary N) is 1. The van der Waals surface area contributed by atoms with Crippen molar-refractivity contribution in [2.24, 2.45) is 5.92 Å². The Hall–Kier alpha value is -2.17. The number of hydrogen-bond acceptors (Lipinski definition) is 2. The number of halogens is 1. The van der Waals surface area contributed by atoms with Gasteiger partial charge in [0.1, 0.15) is 11.4 Å². The Morgan fingerprint density at radius 1 is 1.35 bits per heavy atom. The van der Waals surface area contributed by atoms with Crippen molar-refractivity contribution in [3.8, 4) is 0 Å². The molecule has 1 aromatic rings. The number of carboxylic acids is 1. The van der Waals surface area contributed by atoms with Gasteiger partial charge in [0, 0.05) is 6.08 Å². The first-order chi connectivity index (χ1) is 9.41. The summed E-state index contributed by atoms with van der Waals surface area (Å²) in [7, 11) is 0. The van der Waals surface area contributed by atoms with Crippen LogP contribution in [-0.2, 0) is 9.59 Å². The second-order valence-corrected chi connectivity index (χ2v) is 5.16. The minimum absolute atomic E-state index is 0.0110. The lowest BCUT2D eigenvalue weighted by atomic mass is 9.96. The van der Waals surface area contributed by atoms with Gasteiger partial charge >= 0.3 is 5.97 Å². The lowest BCUT2D eigenvalue weighted by Gasteiger charge is -2.25. The minimum atomic E-state index is -1.22. The average Bonchev–Trinajstić information content (AvgIpc) is 3.22. The molecular weight excluding hydrogens is 261 g/mol. The highest BCUT2D eigenvalue weighted by Gasteiger charge is 2.48. The summed E-state index contributed by atoms with van der Waals surface area (Å²) in [5.41, 5.74) is -0.547. The third-order valence-electron chi connectivity index (χ3n) is 3.52. The molecule has 4 nitrogen and oxygen atoms in total. The maximum Gasteiger partial charge on any atom is 0.329 e. The molecule has 20 heavy (non-hydrogen) atoms. The molecule has 1 aliphatic carbocycles. The van der Waals surface area contributed by atoms with Gasteiger partial charge < -0.3 is 10.4 Å². The summed E-state index contributed by atoms with van der Waals surface area (Å²) in [6.07, 6.45) is 4.40. The molecule has 1 amide bonds. The summed E-state index contributed by atoms with van der Waals surface area (Å²) in [5.74, 6) is -1.85. The van der Waals surface area contributed by atoms with Crippen molar-refractivity contribution in [2.45, 2.75) is 25.3 Å². The molecule has 1 unspecified atom stereocenters. The molecule has 1 aromatic carbocycles. The van der Waals surface area contributed by atoms with E-state index in [1.165, 1.54) is 43.3 Å². The quantitative estimate of drug-likeness (QED) is 0.811. The van der Waals surface area contributed by atoms with E-state index in [0.717, 1.165) is 12.8 Å². The molecule has 0 bridgehead atoms. The molecule has 0 radical (unpaired) electrons. The molecular formula is C15H16FNO3. The summed E-state index contributed by atoms with van der Waals surface area (Å²) in [4.78, 5) is 23.1. The number of carboxylic acid groups (broad SMARTS) is 1. The second-order valence-electron chi connectivity index (χ2n) is 5.16. The highest BCUT2D eigenvalue weighted by atomic mass is 19.1. The molecule has 1 fully saturated rings. The first-order valence-corrected chi connectivity index (χ1v) is 6.41. The Kier molecular flexibility index (Phi) is 3.88. The van der Waals surface area contributed by atoms with Gasteiger partial charge in [0.2, 0.25) is 5.91 Å². The van der Waals surface area contributed by atoms with Gasteiger partial charge in [-0.3, -0.25) is 4.79 Å². The number of benzene rings is 1. The van der Waals surface area contributed by atoms with Gasteiger partial charge in [-0.2, -0.15) is 0 Å². The number of amides is 1. The Bertz CT molecular complexity index is 549. The van der Waals surface area contributed by atoms with E-state index in [0.29, 0.717) is 5.56 Å². The van der Waals surface area contributed by atoms with Crippen molar-refractivity contribution in [2.75, 3.05) is 0 Å². The third kappa shape index (κ3) is 3.23. The van der Waals surface area contributed by atoms with Crippen LogP contribution in [0.4, 0.5) is 4.39 Å². The molecule has 2 N–H and O–H groups in total. The van der Waals surface area contributed by atoms with Gasteiger partial charge in [-0.15, -0.1) is 0 Å². The molecule has 106 valence electrons. The Balaban J connectivity index is 2.01. The molecule has 1 saturated carbocycles. The largest absolute Gasteiger partial charge is 0.480 e. The highest BCUT2D eigenvalue weighted by molar-refractivity contribution is 5.95. The zero-order valence-corrected chi connectivity index (χ0v) is 11.1. The summed E-state index contributed by atoms with van der Waals surface area (Å²) < 4.78 is 12.7. The molecule has 0 aliphatic heterocycles. The van der Waals surface area contributed by atoms with E-state index >= 15 is 0 Å². The summed E-state index contributed by atoms with van der Waals surface area (Å²) >= 11 is 0. The standard InChI is InChI=1S/C15H16FNO3/c1-15(14(19)20,11-5-6-11)17-13(18)9-4-10-2-7-12(16)8-3-10/h2-4,7-9,11H,5-6H2,1H3,(H,17,18)(H,19,20)/b9-4+. The fraction of sp³-hybridized carbons (Fsp3) is 0.333. The normalized spacial score (nSPS) is 17.7. The maximum absolute atomic E-state index is 12.7. The molecule has 0 aromatic heterocycles. The van der Waals surface area contributed by atoms with E-state index in [9.17, 15) is 19.1 Å². The first-order valence-electron chi connectivity index (χ1n) is 6.41. The Morgan fingerprint density at radius 3 is 2.45 bits per heavy atom. The topological polar surface area (TPSA) is 66.4 Å². The molecule has 2 rings (SSSR count). The highest BCUT2D eigenvalue weighted by Crippen LogP contribution is 2.39. The van der Waals surface area contributed by atoms with Crippen LogP contribution >= 0.6 is 0 Å². The SMILES string of the molecule is CC(NC(=O)/C=C/c1ccc(F)cc1)(C(=O)O)C1CC1. The monoisotopic (exact) mass is 277 g/mol. The van der Waals surface area contributed by atoms with Gasteiger partial charge in [-0.1, -0.05) is 12.1 Å². The smallest absolute Gasteiger partial charge is 0.329 e. The van der Waals surface area contributed by atoms with Crippen LogP contribution in [0.15, 0.2) is 30.3 Å². The van der Waals surface area contributed by atoms with E-state index in [4.69, 9.17) is 0 Å². The molecule has 1 atom stereocenters. The van der Waals surface area contributed by atoms with Gasteiger partial charge in [0.25, 0.3) is 0 Å². The summed E-state index contributed by atoms with van der Waals surface area (Å²) in [6, 6.07) is 5.67. The molecule has 0 saturated heterocycles. The van der Waals surface area contributed by atoms with Gasteiger partial charge in [-0.05, 0) is 49.5 Å². The molecule has 0 heterocycles. The van der Waals surface area contributed by atoms with E-state index in [-0.39, 0.29) is 11.7 Å². The molecule has 1 aliphatic rings. The Morgan fingerprint density at radius 2 is 1.95 bits per heavy atom. The fourth-order valence-electron chi connectivity index (χ4n) is 2.03. The second kappa shape index (κ2) is 5.45. The third-order valence-corrected chi connectivity index (χ3v) is 3.52. The van der Waals surface area contributed by atoms with Crippen molar-refractivity contribution >= 4 is 18.0 Å². The number of hydrogen-bond donors (Lipinski definition) is 2. The maximum atomic E-state index is 12.7. The van der Waals surface area contributed by atoms with E-state index in [1.807, 2.05) is 0 Å². The minimum Gasteiger partial charge on any atom is -0.480 e. The average molecular weight is 277 g/mol. The predicted octanol–water partition coefficient (Wildman–Crippen LogP) is 2.21. The van der Waals surface area contributed by atoms with Gasteiger partial charge in [0.15, 0.2) is 0 Å². The fourth-order valence-corrected chi connectivity index (χ4v) is 2.03. The van der Waals surface area contributed by atoms with Gasteiger partial charge in [0.05, 0.1) is 0 Å². The van der Waals surface area contributed by atoms with E-state index in [2.05, 4.69) is 5.32 Å². The summed E-state index contributed by atoms with van der Waals surface area (Å²) in [6.45, 7) is 1.52. The number of carbonyl (C=O) groups is 2. The number of rotatable bonds is 5. The van der Waals surface area contributed by atoms with Crippen LogP contribution in [0.1, 0.15) is 25.3 Å². The van der Waals surface area contributed by atoms with Crippen LogP contribution in [0, 0.1) is 11.7 Å². The van der Waals surface area contributed by atoms with Crippen LogP contribution in [0.2, 0.25) is 0 Å². The zero-order chi connectivity index (χ0) is 14.8. The summed E-state index contributed by atoms with van der Waals surface area (Å²) in [5, 5.41) is 11.8. The number of aliphatic carboxylic acids is 1. The van der Waals surface area contributed by atoms with E-state index in [1.54, 1.807) is 0 Å². The van der Waals surface area contributed by atoms with Crippen LogP contribution < -0.4 is 5.32 Å². The first kappa shape index (κ1) is 14.2. The zero-order valence-electron chi connectivity index (χ0n) is 11.1. The van der Waals surface area contributed by atoms with Crippen molar-refractivity contribution in [3.05, 3.63) is 41.7 Å².